The summed E-state index contributed by atoms with van der Waals surface area (Å²) >= 11 is 0. The molecular formula is C22H32N2O5. The van der Waals surface area contributed by atoms with Gasteiger partial charge in [0.2, 0.25) is 0 Å². The third kappa shape index (κ3) is 5.23. The second-order valence-electron chi connectivity index (χ2n) is 7.40. The highest BCUT2D eigenvalue weighted by Gasteiger charge is 2.28. The number of aliphatic hydroxyl groups is 1. The van der Waals surface area contributed by atoms with Gasteiger partial charge < -0.3 is 23.7 Å². The zero-order valence-electron chi connectivity index (χ0n) is 17.8. The highest BCUT2D eigenvalue weighted by atomic mass is 16.5. The maximum atomic E-state index is 9.57. The van der Waals surface area contributed by atoms with Crippen molar-refractivity contribution < 1.29 is 23.7 Å². The quantitative estimate of drug-likeness (QED) is 0.689. The first-order valence-corrected chi connectivity index (χ1v) is 9.99. The van der Waals surface area contributed by atoms with E-state index in [0.717, 1.165) is 62.0 Å². The number of methoxy groups -OCH3 is 3. The Morgan fingerprint density at radius 2 is 1.72 bits per heavy atom. The number of rotatable bonds is 9. The van der Waals surface area contributed by atoms with Crippen molar-refractivity contribution in [1.29, 1.82) is 0 Å². The Balaban J connectivity index is 1.71. The predicted molar refractivity (Wildman–Crippen MR) is 111 cm³/mol. The summed E-state index contributed by atoms with van der Waals surface area (Å²) in [4.78, 5) is 4.80. The van der Waals surface area contributed by atoms with Crippen molar-refractivity contribution in [3.05, 3.63) is 41.3 Å². The summed E-state index contributed by atoms with van der Waals surface area (Å²) in [5.74, 6) is 4.04. The smallest absolute Gasteiger partial charge is 0.164 e. The van der Waals surface area contributed by atoms with E-state index in [1.54, 1.807) is 21.3 Å². The number of piperazine rings is 1. The van der Waals surface area contributed by atoms with Gasteiger partial charge in [-0.25, -0.2) is 0 Å². The largest absolute Gasteiger partial charge is 0.496 e. The maximum absolute atomic E-state index is 9.57. The molecule has 7 nitrogen and oxygen atoms in total. The van der Waals surface area contributed by atoms with Crippen LogP contribution in [0.1, 0.15) is 23.5 Å². The molecule has 1 aromatic heterocycles. The summed E-state index contributed by atoms with van der Waals surface area (Å²) in [5.41, 5.74) is 1.06. The molecule has 0 aliphatic carbocycles. The summed E-state index contributed by atoms with van der Waals surface area (Å²) in [5, 5.41) is 9.57. The molecule has 1 aliphatic heterocycles. The van der Waals surface area contributed by atoms with Crippen LogP contribution in [0.4, 0.5) is 0 Å². The number of furan rings is 1. The van der Waals surface area contributed by atoms with E-state index < -0.39 is 0 Å². The van der Waals surface area contributed by atoms with Gasteiger partial charge in [-0.05, 0) is 31.5 Å². The van der Waals surface area contributed by atoms with Gasteiger partial charge in [0.05, 0.1) is 27.9 Å². The van der Waals surface area contributed by atoms with Gasteiger partial charge in [-0.2, -0.15) is 0 Å². The molecule has 1 aromatic carbocycles. The molecule has 0 saturated carbocycles. The molecule has 1 aliphatic rings. The van der Waals surface area contributed by atoms with Crippen molar-refractivity contribution in [3.63, 3.8) is 0 Å². The van der Waals surface area contributed by atoms with Crippen LogP contribution >= 0.6 is 0 Å². The van der Waals surface area contributed by atoms with Crippen LogP contribution in [0.15, 0.2) is 28.7 Å². The molecule has 0 radical (unpaired) electrons. The fourth-order valence-electron chi connectivity index (χ4n) is 3.96. The van der Waals surface area contributed by atoms with Crippen LogP contribution in [0.5, 0.6) is 17.2 Å². The SMILES string of the molecule is COc1cc(OC)c(OC)cc1CN1CCN(Cc2ccc(C)o2)[C@@H](CCO)C1. The molecule has 2 aromatic rings. The zero-order valence-corrected chi connectivity index (χ0v) is 17.8. The minimum absolute atomic E-state index is 0.172. The summed E-state index contributed by atoms with van der Waals surface area (Å²) < 4.78 is 22.2. The van der Waals surface area contributed by atoms with Crippen molar-refractivity contribution in [2.75, 3.05) is 47.6 Å². The first-order chi connectivity index (χ1) is 14.1. The molecule has 29 heavy (non-hydrogen) atoms. The summed E-state index contributed by atoms with van der Waals surface area (Å²) in [6.07, 6.45) is 0.735. The molecule has 3 rings (SSSR count). The molecule has 0 unspecified atom stereocenters. The Bertz CT molecular complexity index is 792. The first kappa shape index (κ1) is 21.5. The highest BCUT2D eigenvalue weighted by Crippen LogP contribution is 2.35. The second kappa shape index (κ2) is 10.0. The molecule has 2 heterocycles. The fraction of sp³-hybridized carbons (Fsp3) is 0.545. The first-order valence-electron chi connectivity index (χ1n) is 9.99. The lowest BCUT2D eigenvalue weighted by Crippen LogP contribution is -2.52. The zero-order chi connectivity index (χ0) is 20.8. The Morgan fingerprint density at radius 3 is 2.34 bits per heavy atom. The molecule has 1 N–H and O–H groups in total. The van der Waals surface area contributed by atoms with Crippen LogP contribution in [-0.4, -0.2) is 68.5 Å². The van der Waals surface area contributed by atoms with E-state index in [2.05, 4.69) is 9.80 Å². The molecular weight excluding hydrogens is 372 g/mol. The number of hydrogen-bond donors (Lipinski definition) is 1. The van der Waals surface area contributed by atoms with Crippen molar-refractivity contribution >= 4 is 0 Å². The van der Waals surface area contributed by atoms with Crippen molar-refractivity contribution in [2.45, 2.75) is 32.5 Å². The number of nitrogens with zero attached hydrogens (tertiary/aromatic N) is 2. The highest BCUT2D eigenvalue weighted by molar-refractivity contribution is 5.50. The van der Waals surface area contributed by atoms with Crippen molar-refractivity contribution in [1.82, 2.24) is 9.80 Å². The van der Waals surface area contributed by atoms with E-state index in [1.807, 2.05) is 31.2 Å². The van der Waals surface area contributed by atoms with Crippen molar-refractivity contribution in [2.24, 2.45) is 0 Å². The van der Waals surface area contributed by atoms with Gasteiger partial charge in [-0.15, -0.1) is 0 Å². The summed E-state index contributed by atoms with van der Waals surface area (Å²) in [7, 11) is 4.93. The van der Waals surface area contributed by atoms with Crippen molar-refractivity contribution in [3.8, 4) is 17.2 Å². The molecule has 7 heteroatoms. The van der Waals surface area contributed by atoms with Crippen LogP contribution < -0.4 is 14.2 Å². The van der Waals surface area contributed by atoms with Gasteiger partial charge in [0, 0.05) is 50.5 Å². The number of hydrogen-bond acceptors (Lipinski definition) is 7. The molecule has 0 spiro atoms. The molecule has 1 atom stereocenters. The normalized spacial score (nSPS) is 18.0. The Morgan fingerprint density at radius 1 is 1.00 bits per heavy atom. The fourth-order valence-corrected chi connectivity index (χ4v) is 3.96. The maximum Gasteiger partial charge on any atom is 0.164 e. The Labute approximate surface area is 172 Å². The topological polar surface area (TPSA) is 67.5 Å². The van der Waals surface area contributed by atoms with Crippen LogP contribution in [0.2, 0.25) is 0 Å². The van der Waals surface area contributed by atoms with E-state index in [1.165, 1.54) is 0 Å². The number of benzene rings is 1. The Hall–Kier alpha value is -2.22. The van der Waals surface area contributed by atoms with Crippen LogP contribution in [0, 0.1) is 6.92 Å². The standard InChI is InChI=1S/C22H32N2O5/c1-16-5-6-19(29-16)15-24-9-8-23(14-18(24)7-10-25)13-17-11-21(27-3)22(28-4)12-20(17)26-2/h5-6,11-12,18,25H,7-10,13-15H2,1-4H3/t18-/m0/s1. The number of aliphatic hydroxyl groups excluding tert-OH is 1. The van der Waals surface area contributed by atoms with Gasteiger partial charge in [0.1, 0.15) is 17.3 Å². The van der Waals surface area contributed by atoms with E-state index in [-0.39, 0.29) is 12.6 Å². The average Bonchev–Trinajstić information content (AvgIpc) is 3.14. The lowest BCUT2D eigenvalue weighted by molar-refractivity contribution is 0.0450. The lowest BCUT2D eigenvalue weighted by atomic mass is 10.1. The van der Waals surface area contributed by atoms with Gasteiger partial charge in [0.25, 0.3) is 0 Å². The van der Waals surface area contributed by atoms with Crippen LogP contribution in [0.25, 0.3) is 0 Å². The number of aryl methyl sites for hydroxylation is 1. The minimum atomic E-state index is 0.172. The van der Waals surface area contributed by atoms with Gasteiger partial charge in [-0.1, -0.05) is 0 Å². The van der Waals surface area contributed by atoms with E-state index in [4.69, 9.17) is 18.6 Å². The van der Waals surface area contributed by atoms with Crippen LogP contribution in [-0.2, 0) is 13.1 Å². The molecule has 0 bridgehead atoms. The Kier molecular flexibility index (Phi) is 7.41. The lowest BCUT2D eigenvalue weighted by Gasteiger charge is -2.41. The minimum Gasteiger partial charge on any atom is -0.496 e. The van der Waals surface area contributed by atoms with Gasteiger partial charge >= 0.3 is 0 Å². The monoisotopic (exact) mass is 404 g/mol. The van der Waals surface area contributed by atoms with Gasteiger partial charge in [0.15, 0.2) is 11.5 Å². The summed E-state index contributed by atoms with van der Waals surface area (Å²) in [6.45, 7) is 6.37. The third-order valence-electron chi connectivity index (χ3n) is 5.49. The second-order valence-corrected chi connectivity index (χ2v) is 7.40. The van der Waals surface area contributed by atoms with E-state index in [0.29, 0.717) is 11.5 Å². The number of ether oxygens (including phenoxy) is 3. The molecule has 0 amide bonds. The third-order valence-corrected chi connectivity index (χ3v) is 5.49. The molecule has 1 saturated heterocycles. The van der Waals surface area contributed by atoms with E-state index in [9.17, 15) is 5.11 Å². The average molecular weight is 405 g/mol. The summed E-state index contributed by atoms with van der Waals surface area (Å²) in [6, 6.07) is 8.15. The van der Waals surface area contributed by atoms with Crippen LogP contribution in [0.3, 0.4) is 0 Å². The molecule has 1 fully saturated rings. The van der Waals surface area contributed by atoms with E-state index >= 15 is 0 Å². The van der Waals surface area contributed by atoms with Gasteiger partial charge in [-0.3, -0.25) is 9.80 Å². The predicted octanol–water partition coefficient (Wildman–Crippen LogP) is 2.68. The molecule has 160 valence electrons.